The molecule has 4 rings (SSSR count). The summed E-state index contributed by atoms with van der Waals surface area (Å²) in [5, 5.41) is 3.88. The average Bonchev–Trinajstić information content (AvgIpc) is 3.15. The molecule has 0 amide bonds. The maximum Gasteiger partial charge on any atom is 0.231 e. The molecule has 2 aromatic rings. The fourth-order valence-corrected chi connectivity index (χ4v) is 3.24. The van der Waals surface area contributed by atoms with Crippen molar-refractivity contribution in [2.75, 3.05) is 18.0 Å². The van der Waals surface area contributed by atoms with Crippen molar-refractivity contribution in [3.63, 3.8) is 0 Å². The number of rotatable bonds is 2. The molecule has 1 aliphatic carbocycles. The van der Waals surface area contributed by atoms with Gasteiger partial charge in [-0.25, -0.2) is 9.97 Å². The van der Waals surface area contributed by atoms with E-state index in [2.05, 4.69) is 20.0 Å². The minimum Gasteiger partial charge on any atom is -0.340 e. The first kappa shape index (κ1) is 12.7. The normalized spacial score (nSPS) is 21.6. The zero-order chi connectivity index (χ0) is 14.2. The van der Waals surface area contributed by atoms with E-state index in [0.717, 1.165) is 44.2 Å². The lowest BCUT2D eigenvalue weighted by Gasteiger charge is -2.19. The molecular weight excluding hydrogens is 266 g/mol. The first-order valence-corrected chi connectivity index (χ1v) is 7.69. The van der Waals surface area contributed by atoms with Crippen LogP contribution in [0.2, 0.25) is 0 Å². The number of fused-ring (bicyclic) bond motifs is 1. The van der Waals surface area contributed by atoms with Crippen LogP contribution in [-0.2, 0) is 12.8 Å². The summed E-state index contributed by atoms with van der Waals surface area (Å²) in [6, 6.07) is 0. The third kappa shape index (κ3) is 2.39. The second kappa shape index (κ2) is 5.09. The number of anilines is 1. The van der Waals surface area contributed by atoms with Crippen molar-refractivity contribution in [3.05, 3.63) is 29.2 Å². The summed E-state index contributed by atoms with van der Waals surface area (Å²) >= 11 is 0. The number of aromatic nitrogens is 4. The van der Waals surface area contributed by atoms with Gasteiger partial charge in [-0.3, -0.25) is 0 Å². The van der Waals surface area contributed by atoms with Gasteiger partial charge >= 0.3 is 0 Å². The van der Waals surface area contributed by atoms with Crippen LogP contribution in [0.3, 0.4) is 0 Å². The Morgan fingerprint density at radius 1 is 1.24 bits per heavy atom. The molecule has 2 aromatic heterocycles. The number of hydrogen-bond donors (Lipinski definition) is 0. The van der Waals surface area contributed by atoms with Gasteiger partial charge < -0.3 is 9.42 Å². The van der Waals surface area contributed by atoms with E-state index < -0.39 is 0 Å². The summed E-state index contributed by atoms with van der Waals surface area (Å²) in [6.45, 7) is 3.66. The minimum atomic E-state index is 0.297. The predicted molar refractivity (Wildman–Crippen MR) is 77.3 cm³/mol. The molecule has 0 radical (unpaired) electrons. The molecule has 110 valence electrons. The van der Waals surface area contributed by atoms with Crippen LogP contribution in [0.1, 0.15) is 48.2 Å². The minimum absolute atomic E-state index is 0.297. The van der Waals surface area contributed by atoms with E-state index in [1.165, 1.54) is 24.1 Å². The van der Waals surface area contributed by atoms with Gasteiger partial charge in [0.2, 0.25) is 11.8 Å². The fraction of sp³-hybridized carbons (Fsp3) is 0.600. The molecule has 0 N–H and O–H groups in total. The van der Waals surface area contributed by atoms with Crippen LogP contribution in [0.5, 0.6) is 0 Å². The van der Waals surface area contributed by atoms with Crippen molar-refractivity contribution in [2.24, 2.45) is 0 Å². The molecule has 0 spiro atoms. The smallest absolute Gasteiger partial charge is 0.231 e. The van der Waals surface area contributed by atoms with Gasteiger partial charge in [-0.1, -0.05) is 5.16 Å². The zero-order valence-corrected chi connectivity index (χ0v) is 12.2. The summed E-state index contributed by atoms with van der Waals surface area (Å²) in [5.74, 6) is 2.60. The highest BCUT2D eigenvalue weighted by Crippen LogP contribution is 2.29. The number of hydrogen-bond acceptors (Lipinski definition) is 6. The molecule has 0 saturated carbocycles. The molecule has 6 nitrogen and oxygen atoms in total. The largest absolute Gasteiger partial charge is 0.340 e. The van der Waals surface area contributed by atoms with Crippen molar-refractivity contribution >= 4 is 5.95 Å². The quantitative estimate of drug-likeness (QED) is 0.841. The van der Waals surface area contributed by atoms with Gasteiger partial charge in [-0.2, -0.15) is 4.98 Å². The van der Waals surface area contributed by atoms with Crippen molar-refractivity contribution in [1.29, 1.82) is 0 Å². The Morgan fingerprint density at radius 2 is 2.14 bits per heavy atom. The molecule has 3 heterocycles. The van der Waals surface area contributed by atoms with Crippen LogP contribution in [0.4, 0.5) is 5.95 Å². The Kier molecular flexibility index (Phi) is 3.09. The predicted octanol–water partition coefficient (Wildman–Crippen LogP) is 2.04. The maximum atomic E-state index is 5.29. The Hall–Kier alpha value is -1.98. The summed E-state index contributed by atoms with van der Waals surface area (Å²) in [6.07, 6.45) is 7.75. The molecule has 0 bridgehead atoms. The third-order valence-electron chi connectivity index (χ3n) is 4.41. The van der Waals surface area contributed by atoms with Crippen LogP contribution in [-0.4, -0.2) is 33.2 Å². The summed E-state index contributed by atoms with van der Waals surface area (Å²) < 4.78 is 5.29. The second-order valence-electron chi connectivity index (χ2n) is 5.96. The Balaban J connectivity index is 1.52. The third-order valence-corrected chi connectivity index (χ3v) is 4.41. The Labute approximate surface area is 123 Å². The SMILES string of the molecule is Cc1noc(C2CCN(c3ncc4c(n3)CCCC4)C2)n1. The monoisotopic (exact) mass is 285 g/mol. The Morgan fingerprint density at radius 3 is 3.00 bits per heavy atom. The lowest BCUT2D eigenvalue weighted by atomic mass is 9.98. The van der Waals surface area contributed by atoms with Crippen molar-refractivity contribution in [2.45, 2.75) is 44.9 Å². The molecule has 0 aromatic carbocycles. The van der Waals surface area contributed by atoms with E-state index in [1.807, 2.05) is 13.1 Å². The Bertz CT molecular complexity index is 653. The lowest BCUT2D eigenvalue weighted by Crippen LogP contribution is -2.23. The van der Waals surface area contributed by atoms with E-state index >= 15 is 0 Å². The molecular formula is C15H19N5O. The molecule has 1 atom stereocenters. The first-order valence-electron chi connectivity index (χ1n) is 7.69. The van der Waals surface area contributed by atoms with E-state index in [9.17, 15) is 0 Å². The number of nitrogens with zero attached hydrogens (tertiary/aromatic N) is 5. The van der Waals surface area contributed by atoms with E-state index in [0.29, 0.717) is 11.7 Å². The van der Waals surface area contributed by atoms with Crippen LogP contribution >= 0.6 is 0 Å². The highest BCUT2D eigenvalue weighted by molar-refractivity contribution is 5.36. The van der Waals surface area contributed by atoms with Gasteiger partial charge in [0.05, 0.1) is 5.92 Å². The second-order valence-corrected chi connectivity index (χ2v) is 5.96. The highest BCUT2D eigenvalue weighted by Gasteiger charge is 2.30. The van der Waals surface area contributed by atoms with Gasteiger partial charge in [0.1, 0.15) is 0 Å². The average molecular weight is 285 g/mol. The van der Waals surface area contributed by atoms with E-state index in [1.54, 1.807) is 0 Å². The standard InChI is InChI=1S/C15H19N5O/c1-10-17-14(21-19-10)12-6-7-20(9-12)15-16-8-11-4-2-3-5-13(11)18-15/h8,12H,2-7,9H2,1H3. The van der Waals surface area contributed by atoms with Gasteiger partial charge in [-0.05, 0) is 44.6 Å². The topological polar surface area (TPSA) is 67.9 Å². The van der Waals surface area contributed by atoms with Gasteiger partial charge in [0.15, 0.2) is 5.82 Å². The molecule has 1 fully saturated rings. The van der Waals surface area contributed by atoms with Crippen molar-refractivity contribution in [3.8, 4) is 0 Å². The van der Waals surface area contributed by atoms with Crippen LogP contribution in [0.15, 0.2) is 10.7 Å². The highest BCUT2D eigenvalue weighted by atomic mass is 16.5. The molecule has 1 saturated heterocycles. The molecule has 1 unspecified atom stereocenters. The fourth-order valence-electron chi connectivity index (χ4n) is 3.24. The van der Waals surface area contributed by atoms with Crippen LogP contribution in [0.25, 0.3) is 0 Å². The van der Waals surface area contributed by atoms with E-state index in [4.69, 9.17) is 9.51 Å². The summed E-state index contributed by atoms with van der Waals surface area (Å²) in [7, 11) is 0. The van der Waals surface area contributed by atoms with Gasteiger partial charge in [0, 0.05) is 25.0 Å². The summed E-state index contributed by atoms with van der Waals surface area (Å²) in [5.41, 5.74) is 2.57. The molecule has 6 heteroatoms. The molecule has 1 aliphatic heterocycles. The van der Waals surface area contributed by atoms with Gasteiger partial charge in [0.25, 0.3) is 0 Å². The van der Waals surface area contributed by atoms with Crippen molar-refractivity contribution in [1.82, 2.24) is 20.1 Å². The van der Waals surface area contributed by atoms with Gasteiger partial charge in [-0.15, -0.1) is 0 Å². The van der Waals surface area contributed by atoms with Crippen molar-refractivity contribution < 1.29 is 4.52 Å². The summed E-state index contributed by atoms with van der Waals surface area (Å²) in [4.78, 5) is 15.9. The lowest BCUT2D eigenvalue weighted by molar-refractivity contribution is 0.356. The van der Waals surface area contributed by atoms with E-state index in [-0.39, 0.29) is 0 Å². The molecule has 21 heavy (non-hydrogen) atoms. The number of aryl methyl sites for hydroxylation is 3. The first-order chi connectivity index (χ1) is 10.3. The van der Waals surface area contributed by atoms with Crippen LogP contribution in [0, 0.1) is 6.92 Å². The van der Waals surface area contributed by atoms with Crippen LogP contribution < -0.4 is 4.90 Å². The molecule has 2 aliphatic rings. The zero-order valence-electron chi connectivity index (χ0n) is 12.2. The maximum absolute atomic E-state index is 5.29.